The van der Waals surface area contributed by atoms with Crippen molar-refractivity contribution in [2.24, 2.45) is 5.92 Å². The molecular weight excluding hydrogens is 184 g/mol. The summed E-state index contributed by atoms with van der Waals surface area (Å²) in [5, 5.41) is 0. The van der Waals surface area contributed by atoms with Gasteiger partial charge in [-0.25, -0.2) is 0 Å². The van der Waals surface area contributed by atoms with E-state index in [1.54, 1.807) is 0 Å². The molecule has 0 amide bonds. The standard InChI is InChI=1S/C10H12O4/c11-5-1-2-9(13)8-4-3-7(12)6-10(8)14/h5,8H,1-4,6H2. The molecule has 1 rings (SSSR count). The first-order valence-electron chi connectivity index (χ1n) is 4.66. The van der Waals surface area contributed by atoms with E-state index < -0.39 is 5.92 Å². The lowest BCUT2D eigenvalue weighted by atomic mass is 9.83. The van der Waals surface area contributed by atoms with Crippen molar-refractivity contribution >= 4 is 23.6 Å². The molecule has 0 spiro atoms. The van der Waals surface area contributed by atoms with Gasteiger partial charge in [0.2, 0.25) is 0 Å². The van der Waals surface area contributed by atoms with E-state index in [9.17, 15) is 19.2 Å². The predicted octanol–water partition coefficient (Wildman–Crippen LogP) is 0.473. The van der Waals surface area contributed by atoms with Crippen LogP contribution in [0.5, 0.6) is 0 Å². The summed E-state index contributed by atoms with van der Waals surface area (Å²) in [6, 6.07) is 0. The third kappa shape index (κ3) is 2.58. The number of rotatable bonds is 4. The summed E-state index contributed by atoms with van der Waals surface area (Å²) in [5.41, 5.74) is 0. The molecule has 0 radical (unpaired) electrons. The first kappa shape index (κ1) is 10.8. The van der Waals surface area contributed by atoms with Crippen LogP contribution in [0, 0.1) is 5.92 Å². The topological polar surface area (TPSA) is 68.3 Å². The molecule has 14 heavy (non-hydrogen) atoms. The highest BCUT2D eigenvalue weighted by Gasteiger charge is 2.31. The molecule has 1 aliphatic carbocycles. The van der Waals surface area contributed by atoms with Crippen LogP contribution in [0.25, 0.3) is 0 Å². The molecule has 1 saturated carbocycles. The van der Waals surface area contributed by atoms with Crippen LogP contribution in [0.2, 0.25) is 0 Å². The van der Waals surface area contributed by atoms with Gasteiger partial charge in [0, 0.05) is 19.3 Å². The highest BCUT2D eigenvalue weighted by molar-refractivity contribution is 6.11. The van der Waals surface area contributed by atoms with Crippen LogP contribution in [-0.2, 0) is 19.2 Å². The molecule has 1 unspecified atom stereocenters. The van der Waals surface area contributed by atoms with E-state index >= 15 is 0 Å². The smallest absolute Gasteiger partial charge is 0.150 e. The highest BCUT2D eigenvalue weighted by atomic mass is 16.2. The molecule has 1 aliphatic rings. The number of aldehydes is 1. The van der Waals surface area contributed by atoms with Crippen LogP contribution < -0.4 is 0 Å². The number of hydrogen-bond donors (Lipinski definition) is 0. The Kier molecular flexibility index (Phi) is 3.68. The van der Waals surface area contributed by atoms with Gasteiger partial charge in [-0.15, -0.1) is 0 Å². The molecule has 0 bridgehead atoms. The summed E-state index contributed by atoms with van der Waals surface area (Å²) < 4.78 is 0. The highest BCUT2D eigenvalue weighted by Crippen LogP contribution is 2.20. The van der Waals surface area contributed by atoms with E-state index in [1.807, 2.05) is 0 Å². The maximum atomic E-state index is 11.4. The molecule has 4 heteroatoms. The number of carbonyl (C=O) groups excluding carboxylic acids is 4. The lowest BCUT2D eigenvalue weighted by molar-refractivity contribution is -0.138. The maximum absolute atomic E-state index is 11.4. The van der Waals surface area contributed by atoms with Crippen molar-refractivity contribution in [3.8, 4) is 0 Å². The van der Waals surface area contributed by atoms with Crippen molar-refractivity contribution < 1.29 is 19.2 Å². The summed E-state index contributed by atoms with van der Waals surface area (Å²) >= 11 is 0. The van der Waals surface area contributed by atoms with Gasteiger partial charge in [0.05, 0.1) is 12.3 Å². The SMILES string of the molecule is O=CCCC(=O)C1CCC(=O)CC1=O. The minimum Gasteiger partial charge on any atom is -0.303 e. The number of ketones is 3. The summed E-state index contributed by atoms with van der Waals surface area (Å²) in [6.45, 7) is 0. The second-order valence-corrected chi connectivity index (χ2v) is 3.44. The van der Waals surface area contributed by atoms with Crippen LogP contribution in [0.3, 0.4) is 0 Å². The molecule has 0 aliphatic heterocycles. The lowest BCUT2D eigenvalue weighted by Crippen LogP contribution is -2.31. The van der Waals surface area contributed by atoms with Crippen molar-refractivity contribution in [2.45, 2.75) is 32.1 Å². The third-order valence-corrected chi connectivity index (χ3v) is 2.37. The fourth-order valence-electron chi connectivity index (χ4n) is 1.59. The Morgan fingerprint density at radius 3 is 2.71 bits per heavy atom. The molecule has 76 valence electrons. The molecule has 1 fully saturated rings. The van der Waals surface area contributed by atoms with Crippen molar-refractivity contribution in [3.05, 3.63) is 0 Å². The quantitative estimate of drug-likeness (QED) is 0.484. The zero-order chi connectivity index (χ0) is 10.6. The van der Waals surface area contributed by atoms with Crippen LogP contribution in [0.15, 0.2) is 0 Å². The van der Waals surface area contributed by atoms with Crippen molar-refractivity contribution in [3.63, 3.8) is 0 Å². The summed E-state index contributed by atoms with van der Waals surface area (Å²) in [5.74, 6) is -1.20. The van der Waals surface area contributed by atoms with Gasteiger partial charge in [-0.1, -0.05) is 0 Å². The Hall–Kier alpha value is -1.32. The second-order valence-electron chi connectivity index (χ2n) is 3.44. The lowest BCUT2D eigenvalue weighted by Gasteiger charge is -2.17. The molecule has 0 aromatic carbocycles. The van der Waals surface area contributed by atoms with E-state index in [0.29, 0.717) is 19.1 Å². The van der Waals surface area contributed by atoms with E-state index in [0.717, 1.165) is 0 Å². The van der Waals surface area contributed by atoms with Gasteiger partial charge in [-0.2, -0.15) is 0 Å². The Morgan fingerprint density at radius 2 is 2.14 bits per heavy atom. The molecule has 0 aromatic heterocycles. The molecule has 1 atom stereocenters. The van der Waals surface area contributed by atoms with Crippen LogP contribution in [0.1, 0.15) is 32.1 Å². The first-order valence-corrected chi connectivity index (χ1v) is 4.66. The number of carbonyl (C=O) groups is 4. The van der Waals surface area contributed by atoms with Crippen molar-refractivity contribution in [2.75, 3.05) is 0 Å². The van der Waals surface area contributed by atoms with Gasteiger partial charge in [-0.05, 0) is 6.42 Å². The normalized spacial score (nSPS) is 22.1. The molecule has 0 aromatic rings. The van der Waals surface area contributed by atoms with Crippen molar-refractivity contribution in [1.29, 1.82) is 0 Å². The number of hydrogen-bond acceptors (Lipinski definition) is 4. The predicted molar refractivity (Wildman–Crippen MR) is 47.7 cm³/mol. The third-order valence-electron chi connectivity index (χ3n) is 2.37. The van der Waals surface area contributed by atoms with E-state index in [4.69, 9.17) is 0 Å². The Labute approximate surface area is 81.7 Å². The van der Waals surface area contributed by atoms with Gasteiger partial charge in [0.25, 0.3) is 0 Å². The minimum atomic E-state index is -0.632. The zero-order valence-electron chi connectivity index (χ0n) is 7.82. The van der Waals surface area contributed by atoms with Crippen LogP contribution >= 0.6 is 0 Å². The van der Waals surface area contributed by atoms with Crippen LogP contribution in [0.4, 0.5) is 0 Å². The van der Waals surface area contributed by atoms with Gasteiger partial charge in [0.1, 0.15) is 17.9 Å². The Balaban J connectivity index is 2.51. The monoisotopic (exact) mass is 196 g/mol. The molecule has 4 nitrogen and oxygen atoms in total. The van der Waals surface area contributed by atoms with Crippen LogP contribution in [-0.4, -0.2) is 23.6 Å². The summed E-state index contributed by atoms with van der Waals surface area (Å²) in [4.78, 5) is 43.6. The molecule has 0 saturated heterocycles. The van der Waals surface area contributed by atoms with E-state index in [1.165, 1.54) is 0 Å². The molecule has 0 heterocycles. The molecular formula is C10H12O4. The summed E-state index contributed by atoms with van der Waals surface area (Å²) in [7, 11) is 0. The first-order chi connectivity index (χ1) is 6.65. The maximum Gasteiger partial charge on any atom is 0.150 e. The number of Topliss-reactive ketones (excluding diaryl/α,β-unsaturated/α-hetero) is 3. The van der Waals surface area contributed by atoms with Gasteiger partial charge >= 0.3 is 0 Å². The Morgan fingerprint density at radius 1 is 1.43 bits per heavy atom. The van der Waals surface area contributed by atoms with E-state index in [-0.39, 0.29) is 36.6 Å². The average molecular weight is 196 g/mol. The van der Waals surface area contributed by atoms with Gasteiger partial charge in [-0.3, -0.25) is 14.4 Å². The van der Waals surface area contributed by atoms with Gasteiger partial charge < -0.3 is 4.79 Å². The van der Waals surface area contributed by atoms with Crippen molar-refractivity contribution in [1.82, 2.24) is 0 Å². The zero-order valence-corrected chi connectivity index (χ0v) is 7.82. The fourth-order valence-corrected chi connectivity index (χ4v) is 1.59. The molecule has 0 N–H and O–H groups in total. The summed E-state index contributed by atoms with van der Waals surface area (Å²) in [6.07, 6.45) is 1.47. The Bertz CT molecular complexity index is 280. The van der Waals surface area contributed by atoms with Gasteiger partial charge in [0.15, 0.2) is 5.78 Å². The largest absolute Gasteiger partial charge is 0.303 e. The second kappa shape index (κ2) is 4.79. The average Bonchev–Trinajstić information content (AvgIpc) is 2.14. The fraction of sp³-hybridized carbons (Fsp3) is 0.600. The minimum absolute atomic E-state index is 0.0885. The van der Waals surface area contributed by atoms with E-state index in [2.05, 4.69) is 0 Å².